The zero-order valence-electron chi connectivity index (χ0n) is 11.4. The molecule has 0 aromatic rings. The summed E-state index contributed by atoms with van der Waals surface area (Å²) in [4.78, 5) is 11.8. The average Bonchev–Trinajstić information content (AvgIpc) is 2.26. The topological polar surface area (TPSA) is 73.6 Å². The van der Waals surface area contributed by atoms with Crippen molar-refractivity contribution in [3.05, 3.63) is 0 Å². The molecule has 5 heteroatoms. The van der Waals surface area contributed by atoms with E-state index >= 15 is 0 Å². The molecule has 0 saturated heterocycles. The Morgan fingerprint density at radius 3 is 2.24 bits per heavy atom. The van der Waals surface area contributed by atoms with Gasteiger partial charge in [0.05, 0.1) is 12.1 Å². The monoisotopic (exact) mass is 246 g/mol. The first-order valence-electron chi connectivity index (χ1n) is 6.28. The van der Waals surface area contributed by atoms with E-state index in [4.69, 9.17) is 15.2 Å². The molecule has 1 atom stereocenters. The molecule has 0 bridgehead atoms. The summed E-state index contributed by atoms with van der Waals surface area (Å²) < 4.78 is 10.7. The van der Waals surface area contributed by atoms with Crippen LogP contribution in [0.5, 0.6) is 0 Å². The molecule has 0 aliphatic rings. The highest BCUT2D eigenvalue weighted by Gasteiger charge is 2.27. The average molecular weight is 246 g/mol. The van der Waals surface area contributed by atoms with E-state index in [1.54, 1.807) is 6.92 Å². The Bertz CT molecular complexity index is 214. The van der Waals surface area contributed by atoms with Crippen molar-refractivity contribution in [2.75, 3.05) is 19.8 Å². The third-order valence-electron chi connectivity index (χ3n) is 2.42. The van der Waals surface area contributed by atoms with Crippen LogP contribution in [-0.4, -0.2) is 37.5 Å². The molecule has 0 rings (SSSR count). The molecule has 0 spiro atoms. The van der Waals surface area contributed by atoms with Crippen LogP contribution in [-0.2, 0) is 14.3 Å². The van der Waals surface area contributed by atoms with Gasteiger partial charge in [-0.05, 0) is 27.2 Å². The largest absolute Gasteiger partial charge is 0.351 e. The maximum atomic E-state index is 11.8. The second-order valence-corrected chi connectivity index (χ2v) is 4.22. The lowest BCUT2D eigenvalue weighted by molar-refractivity contribution is -0.142. The summed E-state index contributed by atoms with van der Waals surface area (Å²) in [5, 5.41) is 2.76. The summed E-state index contributed by atoms with van der Waals surface area (Å²) >= 11 is 0. The van der Waals surface area contributed by atoms with Crippen molar-refractivity contribution in [2.45, 2.75) is 52.4 Å². The van der Waals surface area contributed by atoms with Gasteiger partial charge < -0.3 is 20.5 Å². The zero-order valence-corrected chi connectivity index (χ0v) is 11.4. The van der Waals surface area contributed by atoms with Gasteiger partial charge in [0.25, 0.3) is 0 Å². The SMILES string of the molecule is CCCC(C)(N)C(=O)NCC(OCC)OCC. The van der Waals surface area contributed by atoms with Crippen LogP contribution < -0.4 is 11.1 Å². The van der Waals surface area contributed by atoms with Gasteiger partial charge in [-0.2, -0.15) is 0 Å². The molecular formula is C12H26N2O3. The minimum atomic E-state index is -0.822. The van der Waals surface area contributed by atoms with Crippen molar-refractivity contribution >= 4 is 5.91 Å². The third kappa shape index (κ3) is 6.61. The number of hydrogen-bond acceptors (Lipinski definition) is 4. The summed E-state index contributed by atoms with van der Waals surface area (Å²) in [5.41, 5.74) is 5.09. The molecule has 0 aliphatic carbocycles. The van der Waals surface area contributed by atoms with Gasteiger partial charge in [0, 0.05) is 13.2 Å². The molecule has 3 N–H and O–H groups in total. The fourth-order valence-electron chi connectivity index (χ4n) is 1.55. The van der Waals surface area contributed by atoms with Crippen LogP contribution in [0, 0.1) is 0 Å². The van der Waals surface area contributed by atoms with Gasteiger partial charge in [0.15, 0.2) is 6.29 Å². The second-order valence-electron chi connectivity index (χ2n) is 4.22. The number of amides is 1. The number of nitrogens with one attached hydrogen (secondary N) is 1. The van der Waals surface area contributed by atoms with Crippen molar-refractivity contribution in [3.8, 4) is 0 Å². The van der Waals surface area contributed by atoms with Gasteiger partial charge in [0.1, 0.15) is 0 Å². The molecule has 0 aromatic carbocycles. The number of carbonyl (C=O) groups excluding carboxylic acids is 1. The predicted octanol–water partition coefficient (Wildman–Crippen LogP) is 1.02. The first kappa shape index (κ1) is 16.4. The Hall–Kier alpha value is -0.650. The first-order chi connectivity index (χ1) is 7.97. The highest BCUT2D eigenvalue weighted by molar-refractivity contribution is 5.85. The van der Waals surface area contributed by atoms with Gasteiger partial charge >= 0.3 is 0 Å². The van der Waals surface area contributed by atoms with Crippen LogP contribution >= 0.6 is 0 Å². The zero-order chi connectivity index (χ0) is 13.3. The van der Waals surface area contributed by atoms with Crippen molar-refractivity contribution in [1.82, 2.24) is 5.32 Å². The Balaban J connectivity index is 4.10. The molecule has 0 saturated carbocycles. The van der Waals surface area contributed by atoms with E-state index in [1.165, 1.54) is 0 Å². The van der Waals surface area contributed by atoms with E-state index in [2.05, 4.69) is 5.32 Å². The van der Waals surface area contributed by atoms with E-state index in [1.807, 2.05) is 20.8 Å². The fourth-order valence-corrected chi connectivity index (χ4v) is 1.55. The molecule has 5 nitrogen and oxygen atoms in total. The highest BCUT2D eigenvalue weighted by atomic mass is 16.7. The van der Waals surface area contributed by atoms with Gasteiger partial charge in [-0.1, -0.05) is 13.3 Å². The Kier molecular flexibility index (Phi) is 8.12. The van der Waals surface area contributed by atoms with Gasteiger partial charge in [-0.3, -0.25) is 4.79 Å². The summed E-state index contributed by atoms with van der Waals surface area (Å²) in [6.45, 7) is 8.95. The standard InChI is InChI=1S/C12H26N2O3/c1-5-8-12(4,13)11(15)14-9-10(16-6-2)17-7-3/h10H,5-9,13H2,1-4H3,(H,14,15). The molecule has 102 valence electrons. The molecule has 1 unspecified atom stereocenters. The number of hydrogen-bond donors (Lipinski definition) is 2. The van der Waals surface area contributed by atoms with Crippen LogP contribution in [0.4, 0.5) is 0 Å². The van der Waals surface area contributed by atoms with Gasteiger partial charge in [-0.25, -0.2) is 0 Å². The van der Waals surface area contributed by atoms with Crippen LogP contribution in [0.2, 0.25) is 0 Å². The molecule has 0 heterocycles. The van der Waals surface area contributed by atoms with Gasteiger partial charge in [0.2, 0.25) is 5.91 Å². The van der Waals surface area contributed by atoms with Gasteiger partial charge in [-0.15, -0.1) is 0 Å². The second kappa shape index (κ2) is 8.44. The van der Waals surface area contributed by atoms with Crippen LogP contribution in [0.1, 0.15) is 40.5 Å². The van der Waals surface area contributed by atoms with E-state index < -0.39 is 11.8 Å². The van der Waals surface area contributed by atoms with Crippen molar-refractivity contribution in [2.24, 2.45) is 5.73 Å². The summed E-state index contributed by atoms with van der Waals surface area (Å²) in [6, 6.07) is 0. The normalized spacial score (nSPS) is 14.7. The molecule has 17 heavy (non-hydrogen) atoms. The quantitative estimate of drug-likeness (QED) is 0.596. The third-order valence-corrected chi connectivity index (χ3v) is 2.42. The Morgan fingerprint density at radius 2 is 1.82 bits per heavy atom. The molecule has 0 fully saturated rings. The summed E-state index contributed by atoms with van der Waals surface area (Å²) in [7, 11) is 0. The Labute approximate surface area is 104 Å². The van der Waals surface area contributed by atoms with Crippen LogP contribution in [0.25, 0.3) is 0 Å². The minimum Gasteiger partial charge on any atom is -0.351 e. The lowest BCUT2D eigenvalue weighted by Gasteiger charge is -2.24. The number of rotatable bonds is 9. The number of nitrogens with two attached hydrogens (primary N) is 1. The maximum Gasteiger partial charge on any atom is 0.239 e. The van der Waals surface area contributed by atoms with E-state index in [0.717, 1.165) is 6.42 Å². The molecule has 0 radical (unpaired) electrons. The summed E-state index contributed by atoms with van der Waals surface area (Å²) in [5.74, 6) is -0.163. The highest BCUT2D eigenvalue weighted by Crippen LogP contribution is 2.08. The van der Waals surface area contributed by atoms with Crippen LogP contribution in [0.15, 0.2) is 0 Å². The number of carbonyl (C=O) groups is 1. The van der Waals surface area contributed by atoms with Crippen molar-refractivity contribution in [3.63, 3.8) is 0 Å². The van der Waals surface area contributed by atoms with Crippen LogP contribution in [0.3, 0.4) is 0 Å². The molecular weight excluding hydrogens is 220 g/mol. The fraction of sp³-hybridized carbons (Fsp3) is 0.917. The molecule has 0 aromatic heterocycles. The lowest BCUT2D eigenvalue weighted by atomic mass is 9.97. The molecule has 0 aliphatic heterocycles. The molecule has 1 amide bonds. The van der Waals surface area contributed by atoms with E-state index in [0.29, 0.717) is 26.2 Å². The Morgan fingerprint density at radius 1 is 1.29 bits per heavy atom. The first-order valence-corrected chi connectivity index (χ1v) is 6.28. The predicted molar refractivity (Wildman–Crippen MR) is 67.6 cm³/mol. The maximum absolute atomic E-state index is 11.8. The minimum absolute atomic E-state index is 0.163. The van der Waals surface area contributed by atoms with E-state index in [-0.39, 0.29) is 5.91 Å². The van der Waals surface area contributed by atoms with Crippen molar-refractivity contribution < 1.29 is 14.3 Å². The number of ether oxygens (including phenoxy) is 2. The van der Waals surface area contributed by atoms with Crippen molar-refractivity contribution in [1.29, 1.82) is 0 Å². The smallest absolute Gasteiger partial charge is 0.239 e. The van der Waals surface area contributed by atoms with E-state index in [9.17, 15) is 4.79 Å². The summed E-state index contributed by atoms with van der Waals surface area (Å²) in [6.07, 6.45) is 1.14. The lowest BCUT2D eigenvalue weighted by Crippen LogP contribution is -2.53.